The number of nitrogens with zero attached hydrogens (tertiary/aromatic N) is 5. The molecule has 27 heavy (non-hydrogen) atoms. The van der Waals surface area contributed by atoms with E-state index >= 15 is 0 Å². The third kappa shape index (κ3) is 3.87. The van der Waals surface area contributed by atoms with Gasteiger partial charge in [0.1, 0.15) is 18.2 Å². The fraction of sp³-hybridized carbons (Fsp3) is 0.556. The predicted octanol–water partition coefficient (Wildman–Crippen LogP) is 0.786. The largest absolute Gasteiger partial charge is 0.481 e. The summed E-state index contributed by atoms with van der Waals surface area (Å²) in [6, 6.07) is 3.32. The zero-order valence-corrected chi connectivity index (χ0v) is 15.4. The Labute approximate surface area is 157 Å². The van der Waals surface area contributed by atoms with Gasteiger partial charge in [0.05, 0.1) is 25.9 Å². The first-order chi connectivity index (χ1) is 13.2. The van der Waals surface area contributed by atoms with Crippen LogP contribution in [0.3, 0.4) is 0 Å². The van der Waals surface area contributed by atoms with Gasteiger partial charge in [0.2, 0.25) is 11.8 Å². The zero-order valence-electron chi connectivity index (χ0n) is 15.4. The molecular formula is C18H24N6O3. The van der Waals surface area contributed by atoms with Gasteiger partial charge in [-0.2, -0.15) is 5.10 Å². The maximum absolute atomic E-state index is 12.9. The summed E-state index contributed by atoms with van der Waals surface area (Å²) in [5.41, 5.74) is 0.977. The summed E-state index contributed by atoms with van der Waals surface area (Å²) in [4.78, 5) is 23.4. The molecule has 1 N–H and O–H groups in total. The van der Waals surface area contributed by atoms with Crippen LogP contribution in [0.1, 0.15) is 24.6 Å². The number of fused-ring (bicyclic) bond motifs is 1. The van der Waals surface area contributed by atoms with Crippen molar-refractivity contribution in [1.82, 2.24) is 25.1 Å². The van der Waals surface area contributed by atoms with Crippen molar-refractivity contribution in [3.63, 3.8) is 0 Å². The van der Waals surface area contributed by atoms with Crippen molar-refractivity contribution in [2.45, 2.75) is 25.4 Å². The van der Waals surface area contributed by atoms with E-state index in [1.54, 1.807) is 19.4 Å². The maximum atomic E-state index is 12.9. The van der Waals surface area contributed by atoms with Crippen LogP contribution >= 0.6 is 0 Å². The van der Waals surface area contributed by atoms with Gasteiger partial charge >= 0.3 is 0 Å². The number of rotatable bonds is 5. The Kier molecular flexibility index (Phi) is 5.19. The zero-order chi connectivity index (χ0) is 18.6. The van der Waals surface area contributed by atoms with Crippen molar-refractivity contribution in [1.29, 1.82) is 0 Å². The van der Waals surface area contributed by atoms with E-state index in [0.29, 0.717) is 31.4 Å². The minimum Gasteiger partial charge on any atom is -0.481 e. The Morgan fingerprint density at radius 1 is 1.37 bits per heavy atom. The van der Waals surface area contributed by atoms with E-state index in [9.17, 15) is 4.79 Å². The molecule has 0 radical (unpaired) electrons. The van der Waals surface area contributed by atoms with E-state index in [1.165, 1.54) is 6.33 Å². The molecule has 0 aromatic carbocycles. The molecule has 1 amide bonds. The molecule has 2 aromatic rings. The molecule has 9 heteroatoms. The van der Waals surface area contributed by atoms with Crippen molar-refractivity contribution in [2.24, 2.45) is 5.92 Å². The number of hydrogen-bond acceptors (Lipinski definition) is 7. The van der Waals surface area contributed by atoms with Crippen molar-refractivity contribution < 1.29 is 14.3 Å². The fourth-order valence-electron chi connectivity index (χ4n) is 3.59. The van der Waals surface area contributed by atoms with E-state index in [4.69, 9.17) is 9.47 Å². The van der Waals surface area contributed by atoms with Gasteiger partial charge in [-0.3, -0.25) is 9.48 Å². The van der Waals surface area contributed by atoms with E-state index in [0.717, 1.165) is 37.6 Å². The Balaban J connectivity index is 1.48. The SMILES string of the molecule is COc1cc(N2Cc3ccnn3[C@H](C(=O)NCC3CCOCC3)C2)ncn1. The van der Waals surface area contributed by atoms with Gasteiger partial charge in [-0.25, -0.2) is 9.97 Å². The summed E-state index contributed by atoms with van der Waals surface area (Å²) in [5.74, 6) is 1.69. The molecule has 2 aliphatic heterocycles. The summed E-state index contributed by atoms with van der Waals surface area (Å²) in [6.07, 6.45) is 5.19. The number of ether oxygens (including phenoxy) is 2. The standard InChI is InChI=1S/C18H24N6O3/c1-26-17-8-16(20-12-21-17)23-10-14-2-5-22-24(14)15(11-23)18(25)19-9-13-3-6-27-7-4-13/h2,5,8,12-13,15H,3-4,6-7,9-11H2,1H3,(H,19,25)/t15-/m0/s1. The van der Waals surface area contributed by atoms with Crippen LogP contribution in [0.5, 0.6) is 5.88 Å². The molecule has 9 nitrogen and oxygen atoms in total. The minimum absolute atomic E-state index is 0.0165. The van der Waals surface area contributed by atoms with Gasteiger partial charge < -0.3 is 19.7 Å². The summed E-state index contributed by atoms with van der Waals surface area (Å²) >= 11 is 0. The molecular weight excluding hydrogens is 348 g/mol. The Morgan fingerprint density at radius 2 is 2.22 bits per heavy atom. The lowest BCUT2D eigenvalue weighted by Gasteiger charge is -2.34. The molecule has 4 rings (SSSR count). The van der Waals surface area contributed by atoms with Crippen LogP contribution in [0.25, 0.3) is 0 Å². The molecule has 1 atom stereocenters. The average molecular weight is 372 g/mol. The molecule has 0 bridgehead atoms. The molecule has 4 heterocycles. The summed E-state index contributed by atoms with van der Waals surface area (Å²) < 4.78 is 12.4. The normalized spacial score (nSPS) is 20.2. The third-order valence-corrected chi connectivity index (χ3v) is 5.16. The first-order valence-electron chi connectivity index (χ1n) is 9.23. The quantitative estimate of drug-likeness (QED) is 0.829. The second-order valence-electron chi connectivity index (χ2n) is 6.88. The lowest BCUT2D eigenvalue weighted by molar-refractivity contribution is -0.125. The third-order valence-electron chi connectivity index (χ3n) is 5.16. The molecule has 2 aromatic heterocycles. The second kappa shape index (κ2) is 7.91. The van der Waals surface area contributed by atoms with Gasteiger partial charge in [0.25, 0.3) is 0 Å². The Bertz CT molecular complexity index is 789. The number of carbonyl (C=O) groups is 1. The summed E-state index contributed by atoms with van der Waals surface area (Å²) in [6.45, 7) is 3.35. The Morgan fingerprint density at radius 3 is 3.04 bits per heavy atom. The van der Waals surface area contributed by atoms with Gasteiger partial charge in [-0.05, 0) is 24.8 Å². The van der Waals surface area contributed by atoms with Crippen molar-refractivity contribution >= 4 is 11.7 Å². The molecule has 0 saturated carbocycles. The highest BCUT2D eigenvalue weighted by Crippen LogP contribution is 2.26. The van der Waals surface area contributed by atoms with Gasteiger partial charge in [-0.15, -0.1) is 0 Å². The number of anilines is 1. The molecule has 0 unspecified atom stereocenters. The average Bonchev–Trinajstić information content (AvgIpc) is 3.21. The van der Waals surface area contributed by atoms with Gasteiger partial charge in [0.15, 0.2) is 0 Å². The number of aromatic nitrogens is 4. The van der Waals surface area contributed by atoms with Crippen LogP contribution in [-0.2, 0) is 16.1 Å². The molecule has 0 spiro atoms. The smallest absolute Gasteiger partial charge is 0.246 e. The summed E-state index contributed by atoms with van der Waals surface area (Å²) in [7, 11) is 1.57. The number of nitrogens with one attached hydrogen (secondary N) is 1. The van der Waals surface area contributed by atoms with Crippen molar-refractivity contribution in [3.8, 4) is 5.88 Å². The lowest BCUT2D eigenvalue weighted by Crippen LogP contribution is -2.46. The number of carbonyl (C=O) groups excluding carboxylic acids is 1. The van der Waals surface area contributed by atoms with Crippen molar-refractivity contribution in [3.05, 3.63) is 30.4 Å². The topological polar surface area (TPSA) is 94.4 Å². The number of hydrogen-bond donors (Lipinski definition) is 1. The highest BCUT2D eigenvalue weighted by atomic mass is 16.5. The van der Waals surface area contributed by atoms with E-state index in [-0.39, 0.29) is 5.91 Å². The monoisotopic (exact) mass is 372 g/mol. The lowest BCUT2D eigenvalue weighted by atomic mass is 10.0. The van der Waals surface area contributed by atoms with Crippen LogP contribution in [0.15, 0.2) is 24.7 Å². The first kappa shape index (κ1) is 17.7. The maximum Gasteiger partial charge on any atom is 0.246 e. The number of amides is 1. The van der Waals surface area contributed by atoms with Crippen LogP contribution in [0.4, 0.5) is 5.82 Å². The minimum atomic E-state index is -0.399. The molecule has 2 aliphatic rings. The Hall–Kier alpha value is -2.68. The van der Waals surface area contributed by atoms with Gasteiger partial charge in [0, 0.05) is 32.0 Å². The van der Waals surface area contributed by atoms with Gasteiger partial charge in [-0.1, -0.05) is 0 Å². The van der Waals surface area contributed by atoms with Crippen LogP contribution < -0.4 is 15.0 Å². The van der Waals surface area contributed by atoms with Crippen LogP contribution in [0, 0.1) is 5.92 Å². The molecule has 1 saturated heterocycles. The van der Waals surface area contributed by atoms with Crippen LogP contribution in [0.2, 0.25) is 0 Å². The highest BCUT2D eigenvalue weighted by molar-refractivity contribution is 5.81. The molecule has 144 valence electrons. The van der Waals surface area contributed by atoms with E-state index in [2.05, 4.69) is 25.3 Å². The van der Waals surface area contributed by atoms with Crippen LogP contribution in [-0.4, -0.2) is 59.1 Å². The summed E-state index contributed by atoms with van der Waals surface area (Å²) in [5, 5.41) is 7.48. The highest BCUT2D eigenvalue weighted by Gasteiger charge is 2.32. The van der Waals surface area contributed by atoms with E-state index in [1.807, 2.05) is 10.7 Å². The molecule has 1 fully saturated rings. The second-order valence-corrected chi connectivity index (χ2v) is 6.88. The molecule has 0 aliphatic carbocycles. The predicted molar refractivity (Wildman–Crippen MR) is 97.5 cm³/mol. The first-order valence-corrected chi connectivity index (χ1v) is 9.23. The van der Waals surface area contributed by atoms with E-state index < -0.39 is 6.04 Å². The number of methoxy groups -OCH3 is 1. The fourth-order valence-corrected chi connectivity index (χ4v) is 3.59. The van der Waals surface area contributed by atoms with Crippen molar-refractivity contribution in [2.75, 3.05) is 38.3 Å².